The minimum atomic E-state index is -0.144. The van der Waals surface area contributed by atoms with Gasteiger partial charge >= 0.3 is 6.03 Å². The Balaban J connectivity index is 1.32. The van der Waals surface area contributed by atoms with E-state index in [1.807, 2.05) is 44.2 Å². The number of anilines is 1. The van der Waals surface area contributed by atoms with Gasteiger partial charge in [0.1, 0.15) is 17.2 Å². The maximum atomic E-state index is 12.4. The van der Waals surface area contributed by atoms with Gasteiger partial charge in [0.15, 0.2) is 0 Å². The van der Waals surface area contributed by atoms with Gasteiger partial charge in [0.05, 0.1) is 6.26 Å². The molecule has 1 atom stereocenters. The lowest BCUT2D eigenvalue weighted by molar-refractivity contribution is 0.234. The van der Waals surface area contributed by atoms with Crippen LogP contribution in [0, 0.1) is 13.8 Å². The molecule has 1 saturated heterocycles. The van der Waals surface area contributed by atoms with E-state index in [2.05, 4.69) is 25.5 Å². The van der Waals surface area contributed by atoms with Crippen molar-refractivity contribution in [2.24, 2.45) is 0 Å². The number of aromatic nitrogens is 2. The summed E-state index contributed by atoms with van der Waals surface area (Å²) in [6, 6.07) is 9.80. The molecule has 3 aromatic rings. The Kier molecular flexibility index (Phi) is 5.14. The third kappa shape index (κ3) is 4.24. The van der Waals surface area contributed by atoms with Gasteiger partial charge in [-0.1, -0.05) is 6.07 Å². The van der Waals surface area contributed by atoms with E-state index in [0.717, 1.165) is 59.8 Å². The van der Waals surface area contributed by atoms with Gasteiger partial charge in [-0.05, 0) is 50.5 Å². The van der Waals surface area contributed by atoms with Gasteiger partial charge in [-0.25, -0.2) is 14.8 Å². The second kappa shape index (κ2) is 7.88. The number of hydrogen-bond acceptors (Lipinski definition) is 5. The number of rotatable bonds is 4. The molecule has 1 unspecified atom stereocenters. The molecule has 1 aliphatic rings. The van der Waals surface area contributed by atoms with Crippen LogP contribution in [0.25, 0.3) is 11.0 Å². The zero-order valence-corrected chi connectivity index (χ0v) is 16.2. The monoisotopic (exact) mass is 379 g/mol. The standard InChI is InChI=1S/C21H25N5O2/c1-14-10-20(24-15(2)23-14)26-8-3-4-18(13-26)25-21(27)22-12-16-5-6-19-17(11-16)7-9-28-19/h5-7,9-11,18H,3-4,8,12-13H2,1-2H3,(H2,22,25,27). The first-order valence-electron chi connectivity index (χ1n) is 9.64. The molecule has 0 bridgehead atoms. The van der Waals surface area contributed by atoms with E-state index >= 15 is 0 Å². The van der Waals surface area contributed by atoms with E-state index in [9.17, 15) is 4.79 Å². The molecule has 7 heteroatoms. The number of benzene rings is 1. The fraction of sp³-hybridized carbons (Fsp3) is 0.381. The van der Waals surface area contributed by atoms with E-state index in [0.29, 0.717) is 6.54 Å². The molecule has 0 aliphatic carbocycles. The molecule has 0 radical (unpaired) electrons. The quantitative estimate of drug-likeness (QED) is 0.727. The number of nitrogens with zero attached hydrogens (tertiary/aromatic N) is 3. The topological polar surface area (TPSA) is 83.3 Å². The molecular weight excluding hydrogens is 354 g/mol. The van der Waals surface area contributed by atoms with Gasteiger partial charge < -0.3 is 20.0 Å². The van der Waals surface area contributed by atoms with Gasteiger partial charge in [-0.3, -0.25) is 0 Å². The molecule has 0 saturated carbocycles. The van der Waals surface area contributed by atoms with Crippen LogP contribution in [-0.4, -0.2) is 35.1 Å². The lowest BCUT2D eigenvalue weighted by Crippen LogP contribution is -2.50. The first-order chi connectivity index (χ1) is 13.6. The van der Waals surface area contributed by atoms with Crippen LogP contribution in [0.4, 0.5) is 10.6 Å². The lowest BCUT2D eigenvalue weighted by atomic mass is 10.1. The number of carbonyl (C=O) groups is 1. The molecule has 1 fully saturated rings. The van der Waals surface area contributed by atoms with Crippen LogP contribution in [0.15, 0.2) is 41.0 Å². The molecule has 4 rings (SSSR count). The van der Waals surface area contributed by atoms with Crippen molar-refractivity contribution >= 4 is 22.8 Å². The summed E-state index contributed by atoms with van der Waals surface area (Å²) in [6.45, 7) is 6.06. The Morgan fingerprint density at radius 3 is 3.00 bits per heavy atom. The maximum absolute atomic E-state index is 12.4. The van der Waals surface area contributed by atoms with E-state index in [1.165, 1.54) is 0 Å². The summed E-state index contributed by atoms with van der Waals surface area (Å²) in [4.78, 5) is 23.5. The molecule has 0 spiro atoms. The third-order valence-corrected chi connectivity index (χ3v) is 5.00. The highest BCUT2D eigenvalue weighted by atomic mass is 16.3. The smallest absolute Gasteiger partial charge is 0.315 e. The zero-order valence-electron chi connectivity index (χ0n) is 16.2. The van der Waals surface area contributed by atoms with Gasteiger partial charge in [0.2, 0.25) is 0 Å². The molecule has 146 valence electrons. The average Bonchev–Trinajstić information content (AvgIpc) is 3.14. The van der Waals surface area contributed by atoms with Crippen LogP contribution in [0.2, 0.25) is 0 Å². The molecule has 2 aromatic heterocycles. The minimum Gasteiger partial charge on any atom is -0.464 e. The van der Waals surface area contributed by atoms with Crippen LogP contribution < -0.4 is 15.5 Å². The first-order valence-corrected chi connectivity index (χ1v) is 9.64. The van der Waals surface area contributed by atoms with Gasteiger partial charge in [-0.2, -0.15) is 0 Å². The summed E-state index contributed by atoms with van der Waals surface area (Å²) in [5.74, 6) is 1.71. The Morgan fingerprint density at radius 2 is 2.14 bits per heavy atom. The number of fused-ring (bicyclic) bond motifs is 1. The van der Waals surface area contributed by atoms with E-state index in [-0.39, 0.29) is 12.1 Å². The first kappa shape index (κ1) is 18.3. The van der Waals surface area contributed by atoms with Crippen molar-refractivity contribution in [1.82, 2.24) is 20.6 Å². The molecule has 1 aliphatic heterocycles. The van der Waals surface area contributed by atoms with E-state index in [4.69, 9.17) is 4.42 Å². The van der Waals surface area contributed by atoms with Crippen molar-refractivity contribution in [2.75, 3.05) is 18.0 Å². The third-order valence-electron chi connectivity index (χ3n) is 5.00. The Bertz CT molecular complexity index is 964. The second-order valence-electron chi connectivity index (χ2n) is 7.32. The zero-order chi connectivity index (χ0) is 19.5. The number of nitrogens with one attached hydrogen (secondary N) is 2. The summed E-state index contributed by atoms with van der Waals surface area (Å²) in [6.07, 6.45) is 3.65. The largest absolute Gasteiger partial charge is 0.464 e. The van der Waals surface area contributed by atoms with Crippen LogP contribution in [0.1, 0.15) is 29.9 Å². The van der Waals surface area contributed by atoms with Crippen molar-refractivity contribution in [3.05, 3.63) is 53.7 Å². The summed E-state index contributed by atoms with van der Waals surface area (Å²) in [5, 5.41) is 7.09. The summed E-state index contributed by atoms with van der Waals surface area (Å²) in [5.41, 5.74) is 2.86. The second-order valence-corrected chi connectivity index (χ2v) is 7.32. The molecule has 28 heavy (non-hydrogen) atoms. The fourth-order valence-corrected chi connectivity index (χ4v) is 3.71. The van der Waals surface area contributed by atoms with Crippen LogP contribution in [0.5, 0.6) is 0 Å². The van der Waals surface area contributed by atoms with Gasteiger partial charge in [0.25, 0.3) is 0 Å². The summed E-state index contributed by atoms with van der Waals surface area (Å²) >= 11 is 0. The summed E-state index contributed by atoms with van der Waals surface area (Å²) in [7, 11) is 0. The van der Waals surface area contributed by atoms with Crippen molar-refractivity contribution < 1.29 is 9.21 Å². The molecule has 3 heterocycles. The normalized spacial score (nSPS) is 16.9. The number of furan rings is 1. The number of urea groups is 1. The Morgan fingerprint density at radius 1 is 1.25 bits per heavy atom. The number of carbonyl (C=O) groups excluding carboxylic acids is 1. The lowest BCUT2D eigenvalue weighted by Gasteiger charge is -2.34. The Hall–Kier alpha value is -3.09. The van der Waals surface area contributed by atoms with E-state index < -0.39 is 0 Å². The number of piperidine rings is 1. The van der Waals surface area contributed by atoms with Crippen molar-refractivity contribution in [1.29, 1.82) is 0 Å². The highest BCUT2D eigenvalue weighted by Crippen LogP contribution is 2.19. The molecular formula is C21H25N5O2. The summed E-state index contributed by atoms with van der Waals surface area (Å²) < 4.78 is 5.35. The highest BCUT2D eigenvalue weighted by molar-refractivity contribution is 5.78. The average molecular weight is 379 g/mol. The predicted octanol–water partition coefficient (Wildman–Crippen LogP) is 3.31. The van der Waals surface area contributed by atoms with Gasteiger partial charge in [0, 0.05) is 42.8 Å². The van der Waals surface area contributed by atoms with Crippen molar-refractivity contribution in [3.63, 3.8) is 0 Å². The van der Waals surface area contributed by atoms with Crippen molar-refractivity contribution in [2.45, 2.75) is 39.3 Å². The molecule has 1 aromatic carbocycles. The number of aryl methyl sites for hydroxylation is 2. The highest BCUT2D eigenvalue weighted by Gasteiger charge is 2.22. The molecule has 2 N–H and O–H groups in total. The molecule has 7 nitrogen and oxygen atoms in total. The minimum absolute atomic E-state index is 0.0979. The van der Waals surface area contributed by atoms with Crippen LogP contribution in [0.3, 0.4) is 0 Å². The number of hydrogen-bond donors (Lipinski definition) is 2. The van der Waals surface area contributed by atoms with Crippen LogP contribution >= 0.6 is 0 Å². The number of amides is 2. The Labute approximate surface area is 164 Å². The van der Waals surface area contributed by atoms with Crippen molar-refractivity contribution in [3.8, 4) is 0 Å². The van der Waals surface area contributed by atoms with E-state index in [1.54, 1.807) is 6.26 Å². The van der Waals surface area contributed by atoms with Gasteiger partial charge in [-0.15, -0.1) is 0 Å². The SMILES string of the molecule is Cc1cc(N2CCCC(NC(=O)NCc3ccc4occc4c3)C2)nc(C)n1. The predicted molar refractivity (Wildman–Crippen MR) is 108 cm³/mol. The maximum Gasteiger partial charge on any atom is 0.315 e. The molecule has 2 amide bonds. The fourth-order valence-electron chi connectivity index (χ4n) is 3.71. The van der Waals surface area contributed by atoms with Crippen LogP contribution in [-0.2, 0) is 6.54 Å².